The Labute approximate surface area is 237 Å². The van der Waals surface area contributed by atoms with Gasteiger partial charge < -0.3 is 14.2 Å². The predicted octanol–water partition coefficient (Wildman–Crippen LogP) is 7.44. The van der Waals surface area contributed by atoms with Gasteiger partial charge in [0.15, 0.2) is 0 Å². The number of aryl methyl sites for hydroxylation is 1. The van der Waals surface area contributed by atoms with Crippen molar-refractivity contribution in [2.75, 3.05) is 9.80 Å². The van der Waals surface area contributed by atoms with Crippen molar-refractivity contribution in [3.8, 4) is 0 Å². The molecule has 1 aliphatic carbocycles. The van der Waals surface area contributed by atoms with Crippen LogP contribution in [0.15, 0.2) is 101 Å². The number of benzene rings is 4. The minimum absolute atomic E-state index is 0.0647. The van der Waals surface area contributed by atoms with Crippen LogP contribution in [0.5, 0.6) is 0 Å². The normalized spacial score (nSPS) is 15.0. The van der Waals surface area contributed by atoms with Gasteiger partial charge in [-0.25, -0.2) is 0 Å². The molecule has 3 nitrogen and oxygen atoms in total. The molecule has 0 amide bonds. The highest BCUT2D eigenvalue weighted by molar-refractivity contribution is 6.99. The van der Waals surface area contributed by atoms with E-state index in [1.54, 1.807) is 0 Å². The molecule has 196 valence electrons. The van der Waals surface area contributed by atoms with Crippen molar-refractivity contribution in [3.05, 3.63) is 114 Å². The van der Waals surface area contributed by atoms with Crippen LogP contribution < -0.4 is 26.4 Å². The van der Waals surface area contributed by atoms with Crippen molar-refractivity contribution in [3.63, 3.8) is 0 Å². The average molecular weight is 520 g/mol. The molecular formula is C36H33BN2O. The van der Waals surface area contributed by atoms with Gasteiger partial charge in [0.25, 0.3) is 6.71 Å². The number of para-hydroxylation sites is 3. The third-order valence-corrected chi connectivity index (χ3v) is 8.78. The predicted molar refractivity (Wildman–Crippen MR) is 168 cm³/mol. The van der Waals surface area contributed by atoms with Crippen LogP contribution in [-0.4, -0.2) is 6.71 Å². The first-order valence-electron chi connectivity index (χ1n) is 14.8. The molecule has 2 aliphatic heterocycles. The number of anilines is 6. The van der Waals surface area contributed by atoms with Gasteiger partial charge in [0, 0.05) is 40.4 Å². The Balaban J connectivity index is 1.49. The zero-order chi connectivity index (χ0) is 26.8. The van der Waals surface area contributed by atoms with Crippen LogP contribution in [-0.2, 0) is 19.3 Å². The lowest BCUT2D eigenvalue weighted by atomic mass is 9.35. The Morgan fingerprint density at radius 2 is 1.35 bits per heavy atom. The lowest BCUT2D eigenvalue weighted by Crippen LogP contribution is -2.61. The standard InChI is InChI=1S/C36H33BN2O/c1-24(2)21-25-22-31-34-32(23-25)39(27-15-7-4-8-16-27)35-28-17-9-12-20-33(28)40-36(35)37(34)29-18-10-11-19-30(29)38(31)26-13-5-3-6-14-26/h3-8,10-11,13-16,18-19,22-24H,9,12,17,20-21H2,1-2H3. The molecule has 8 rings (SSSR count). The average Bonchev–Trinajstić information content (AvgIpc) is 3.37. The van der Waals surface area contributed by atoms with Crippen LogP contribution in [0.3, 0.4) is 0 Å². The summed E-state index contributed by atoms with van der Waals surface area (Å²) >= 11 is 0. The van der Waals surface area contributed by atoms with E-state index in [2.05, 4.69) is 121 Å². The highest BCUT2D eigenvalue weighted by Gasteiger charge is 2.47. The van der Waals surface area contributed by atoms with Crippen LogP contribution in [0.4, 0.5) is 34.1 Å². The Bertz CT molecular complexity index is 1720. The van der Waals surface area contributed by atoms with Gasteiger partial charge in [-0.1, -0.05) is 68.4 Å². The Morgan fingerprint density at radius 3 is 2.08 bits per heavy atom. The number of furan rings is 1. The lowest BCUT2D eigenvalue weighted by Gasteiger charge is -2.43. The van der Waals surface area contributed by atoms with Gasteiger partial charge in [-0.2, -0.15) is 0 Å². The van der Waals surface area contributed by atoms with E-state index in [1.807, 2.05) is 0 Å². The largest absolute Gasteiger partial charge is 0.473 e. The van der Waals surface area contributed by atoms with Gasteiger partial charge >= 0.3 is 0 Å². The monoisotopic (exact) mass is 520 g/mol. The summed E-state index contributed by atoms with van der Waals surface area (Å²) < 4.78 is 6.96. The Hall–Kier alpha value is -4.18. The lowest BCUT2D eigenvalue weighted by molar-refractivity contribution is 0.497. The minimum Gasteiger partial charge on any atom is -0.473 e. The van der Waals surface area contributed by atoms with Crippen LogP contribution in [0.1, 0.15) is 43.6 Å². The van der Waals surface area contributed by atoms with Crippen LogP contribution in [0.25, 0.3) is 0 Å². The molecule has 1 aromatic heterocycles. The van der Waals surface area contributed by atoms with Crippen molar-refractivity contribution in [1.82, 2.24) is 0 Å². The second-order valence-corrected chi connectivity index (χ2v) is 11.9. The summed E-state index contributed by atoms with van der Waals surface area (Å²) in [6, 6.07) is 35.6. The Kier molecular flexibility index (Phi) is 5.45. The molecule has 0 saturated carbocycles. The van der Waals surface area contributed by atoms with E-state index >= 15 is 0 Å². The molecule has 0 bridgehead atoms. The van der Waals surface area contributed by atoms with E-state index in [9.17, 15) is 0 Å². The fourth-order valence-electron chi connectivity index (χ4n) is 7.26. The van der Waals surface area contributed by atoms with Crippen LogP contribution >= 0.6 is 0 Å². The topological polar surface area (TPSA) is 19.6 Å². The van der Waals surface area contributed by atoms with Crippen molar-refractivity contribution in [1.29, 1.82) is 0 Å². The molecule has 4 aromatic carbocycles. The molecule has 5 aromatic rings. The highest BCUT2D eigenvalue weighted by atomic mass is 16.3. The molecule has 0 radical (unpaired) electrons. The van der Waals surface area contributed by atoms with E-state index in [0.717, 1.165) is 24.9 Å². The first kappa shape index (κ1) is 23.7. The number of rotatable bonds is 4. The fourth-order valence-corrected chi connectivity index (χ4v) is 7.26. The van der Waals surface area contributed by atoms with E-state index in [-0.39, 0.29) is 6.71 Å². The third-order valence-electron chi connectivity index (χ3n) is 8.78. The SMILES string of the molecule is CC(C)Cc1cc2c3c(c1)N(c1ccccc1)c1c(oc4c1CCCC4)B3c1ccccc1N2c1ccccc1. The summed E-state index contributed by atoms with van der Waals surface area (Å²) in [7, 11) is 0. The molecule has 40 heavy (non-hydrogen) atoms. The molecule has 0 spiro atoms. The zero-order valence-electron chi connectivity index (χ0n) is 23.2. The second kappa shape index (κ2) is 9.20. The summed E-state index contributed by atoms with van der Waals surface area (Å²) in [5.41, 5.74) is 14.0. The molecular weight excluding hydrogens is 487 g/mol. The maximum Gasteiger partial charge on any atom is 0.297 e. The third kappa shape index (κ3) is 3.52. The van der Waals surface area contributed by atoms with E-state index in [1.165, 1.54) is 74.8 Å². The van der Waals surface area contributed by atoms with Crippen LogP contribution in [0.2, 0.25) is 0 Å². The fraction of sp³-hybridized carbons (Fsp3) is 0.222. The van der Waals surface area contributed by atoms with Crippen molar-refractivity contribution >= 4 is 57.4 Å². The van der Waals surface area contributed by atoms with Gasteiger partial charge in [0.05, 0.1) is 11.3 Å². The van der Waals surface area contributed by atoms with Crippen molar-refractivity contribution in [2.45, 2.75) is 46.0 Å². The number of fused-ring (bicyclic) bond motifs is 6. The quantitative estimate of drug-likeness (QED) is 0.225. The zero-order valence-corrected chi connectivity index (χ0v) is 23.2. The van der Waals surface area contributed by atoms with Crippen molar-refractivity contribution < 1.29 is 4.42 Å². The van der Waals surface area contributed by atoms with Gasteiger partial charge in [-0.3, -0.25) is 0 Å². The molecule has 3 heterocycles. The number of hydrogen-bond donors (Lipinski definition) is 0. The summed E-state index contributed by atoms with van der Waals surface area (Å²) in [5.74, 6) is 1.75. The maximum atomic E-state index is 6.96. The van der Waals surface area contributed by atoms with E-state index in [0.29, 0.717) is 5.92 Å². The smallest absolute Gasteiger partial charge is 0.297 e. The number of hydrogen-bond acceptors (Lipinski definition) is 3. The summed E-state index contributed by atoms with van der Waals surface area (Å²) in [6.45, 7) is 4.70. The van der Waals surface area contributed by atoms with Gasteiger partial charge in [0.1, 0.15) is 5.76 Å². The van der Waals surface area contributed by atoms with Gasteiger partial charge in [-0.05, 0) is 90.6 Å². The molecule has 0 saturated heterocycles. The summed E-state index contributed by atoms with van der Waals surface area (Å²) in [4.78, 5) is 5.00. The number of nitrogens with zero attached hydrogens (tertiary/aromatic N) is 2. The van der Waals surface area contributed by atoms with E-state index in [4.69, 9.17) is 4.42 Å². The molecule has 3 aliphatic rings. The van der Waals surface area contributed by atoms with Gasteiger partial charge in [-0.15, -0.1) is 0 Å². The first-order valence-corrected chi connectivity index (χ1v) is 14.8. The second-order valence-electron chi connectivity index (χ2n) is 11.9. The molecule has 0 N–H and O–H groups in total. The summed E-state index contributed by atoms with van der Waals surface area (Å²) in [6.07, 6.45) is 5.56. The maximum absolute atomic E-state index is 6.96. The van der Waals surface area contributed by atoms with Crippen molar-refractivity contribution in [2.24, 2.45) is 5.92 Å². The molecule has 0 unspecified atom stereocenters. The van der Waals surface area contributed by atoms with Gasteiger partial charge in [0.2, 0.25) is 0 Å². The summed E-state index contributed by atoms with van der Waals surface area (Å²) in [5, 5.41) is 0. The molecule has 0 atom stereocenters. The van der Waals surface area contributed by atoms with E-state index < -0.39 is 0 Å². The highest BCUT2D eigenvalue weighted by Crippen LogP contribution is 2.47. The first-order chi connectivity index (χ1) is 19.7. The van der Waals surface area contributed by atoms with Crippen LogP contribution in [0, 0.1) is 5.92 Å². The molecule has 4 heteroatoms. The minimum atomic E-state index is 0.0647. The Morgan fingerprint density at radius 1 is 0.725 bits per heavy atom. The molecule has 0 fully saturated rings.